The minimum Gasteiger partial charge on any atom is -0.324 e. The van der Waals surface area contributed by atoms with Crippen molar-refractivity contribution in [1.29, 1.82) is 0 Å². The zero-order valence-electron chi connectivity index (χ0n) is 20.6. The number of anilines is 3. The molecule has 1 heterocycles. The van der Waals surface area contributed by atoms with E-state index in [0.717, 1.165) is 11.3 Å². The largest absolute Gasteiger partial charge is 0.324 e. The average Bonchev–Trinajstić information content (AvgIpc) is 2.85. The number of hydrogen-bond acceptors (Lipinski definition) is 6. The summed E-state index contributed by atoms with van der Waals surface area (Å²) < 4.78 is 0. The number of hydrogen-bond donors (Lipinski definition) is 2. The van der Waals surface area contributed by atoms with Crippen molar-refractivity contribution >= 4 is 23.8 Å². The summed E-state index contributed by atoms with van der Waals surface area (Å²) >= 11 is 0. The van der Waals surface area contributed by atoms with Crippen molar-refractivity contribution in [3.05, 3.63) is 72.1 Å². The van der Waals surface area contributed by atoms with Gasteiger partial charge in [-0.05, 0) is 24.6 Å². The molecule has 32 heavy (non-hydrogen) atoms. The lowest BCUT2D eigenvalue weighted by molar-refractivity contribution is 0.975. The molecule has 0 aliphatic heterocycles. The van der Waals surface area contributed by atoms with Crippen molar-refractivity contribution < 1.29 is 0 Å². The van der Waals surface area contributed by atoms with Gasteiger partial charge in [-0.15, -0.1) is 0 Å². The Balaban J connectivity index is -0.000000844. The van der Waals surface area contributed by atoms with Crippen LogP contribution in [0.5, 0.6) is 0 Å². The number of aryl methyl sites for hydroxylation is 1. The number of para-hydroxylation sites is 1. The minimum atomic E-state index is 0. The molecule has 0 radical (unpaired) electrons. The Kier molecular flexibility index (Phi) is 25.0. The molecule has 0 unspecified atom stereocenters. The monoisotopic (exact) mass is 440 g/mol. The third kappa shape index (κ3) is 14.7. The molecule has 0 bridgehead atoms. The molecule has 2 N–H and O–H groups in total. The van der Waals surface area contributed by atoms with Crippen LogP contribution in [0, 0.1) is 6.92 Å². The molecule has 0 saturated heterocycles. The van der Waals surface area contributed by atoms with Gasteiger partial charge in [-0.2, -0.15) is 20.1 Å². The van der Waals surface area contributed by atoms with Crippen LogP contribution < -0.4 is 10.7 Å². The van der Waals surface area contributed by atoms with Gasteiger partial charge in [0.05, 0.1) is 6.21 Å². The van der Waals surface area contributed by atoms with Gasteiger partial charge >= 0.3 is 0 Å². The van der Waals surface area contributed by atoms with E-state index in [-0.39, 0.29) is 7.43 Å². The molecule has 178 valence electrons. The molecule has 3 rings (SSSR count). The Morgan fingerprint density at radius 1 is 0.656 bits per heavy atom. The predicted molar refractivity (Wildman–Crippen MR) is 144 cm³/mol. The SMILES string of the molecule is C.CC.CC.CC.CC.Cc1nc(N/N=C/c2ccccc2)nc(Nc2ccccc2)n1. The maximum Gasteiger partial charge on any atom is 0.248 e. The number of aromatic nitrogens is 3. The van der Waals surface area contributed by atoms with Crippen LogP contribution in [0.3, 0.4) is 0 Å². The fraction of sp³-hybridized carbons (Fsp3) is 0.385. The van der Waals surface area contributed by atoms with E-state index in [9.17, 15) is 0 Å². The Hall–Kier alpha value is -3.28. The van der Waals surface area contributed by atoms with Crippen LogP contribution in [0.25, 0.3) is 0 Å². The third-order valence-corrected chi connectivity index (χ3v) is 2.95. The molecule has 0 atom stereocenters. The van der Waals surface area contributed by atoms with Crippen LogP contribution in [0.1, 0.15) is 74.2 Å². The summed E-state index contributed by atoms with van der Waals surface area (Å²) in [6, 6.07) is 19.5. The van der Waals surface area contributed by atoms with Gasteiger partial charge in [0, 0.05) is 5.69 Å². The van der Waals surface area contributed by atoms with Crippen molar-refractivity contribution in [1.82, 2.24) is 15.0 Å². The zero-order chi connectivity index (χ0) is 23.9. The fourth-order valence-corrected chi connectivity index (χ4v) is 1.94. The summed E-state index contributed by atoms with van der Waals surface area (Å²) in [5, 5.41) is 7.28. The van der Waals surface area contributed by atoms with Crippen molar-refractivity contribution in [3.63, 3.8) is 0 Å². The highest BCUT2D eigenvalue weighted by molar-refractivity contribution is 5.79. The van der Waals surface area contributed by atoms with Gasteiger partial charge in [-0.3, -0.25) is 0 Å². The molecular formula is C26H44N6. The highest BCUT2D eigenvalue weighted by Gasteiger charge is 2.03. The molecule has 0 amide bonds. The molecule has 6 heteroatoms. The number of hydrazone groups is 1. The predicted octanol–water partition coefficient (Wildman–Crippen LogP) is 8.11. The highest BCUT2D eigenvalue weighted by atomic mass is 15.4. The first-order chi connectivity index (χ1) is 15.3. The first-order valence-electron chi connectivity index (χ1n) is 11.2. The molecule has 0 aliphatic rings. The topological polar surface area (TPSA) is 75.1 Å². The molecule has 0 spiro atoms. The van der Waals surface area contributed by atoms with Gasteiger partial charge < -0.3 is 5.32 Å². The van der Waals surface area contributed by atoms with Gasteiger partial charge in [-0.25, -0.2) is 5.43 Å². The van der Waals surface area contributed by atoms with E-state index in [4.69, 9.17) is 0 Å². The summed E-state index contributed by atoms with van der Waals surface area (Å²) in [6.45, 7) is 17.8. The van der Waals surface area contributed by atoms with E-state index >= 15 is 0 Å². The van der Waals surface area contributed by atoms with Crippen LogP contribution in [0.15, 0.2) is 65.8 Å². The summed E-state index contributed by atoms with van der Waals surface area (Å²) in [5.41, 5.74) is 4.74. The van der Waals surface area contributed by atoms with E-state index in [2.05, 4.69) is 30.8 Å². The Morgan fingerprint density at radius 2 is 1.12 bits per heavy atom. The van der Waals surface area contributed by atoms with Crippen molar-refractivity contribution in [2.75, 3.05) is 10.7 Å². The minimum absolute atomic E-state index is 0. The van der Waals surface area contributed by atoms with E-state index < -0.39 is 0 Å². The second kappa shape index (κ2) is 24.0. The molecule has 1 aromatic heterocycles. The van der Waals surface area contributed by atoms with Gasteiger partial charge in [0.1, 0.15) is 5.82 Å². The lowest BCUT2D eigenvalue weighted by atomic mass is 10.2. The molecule has 0 fully saturated rings. The van der Waals surface area contributed by atoms with E-state index in [0.29, 0.717) is 17.7 Å². The Bertz CT molecular complexity index is 790. The van der Waals surface area contributed by atoms with Crippen LogP contribution in [0.2, 0.25) is 0 Å². The number of nitrogens with one attached hydrogen (secondary N) is 2. The Morgan fingerprint density at radius 3 is 1.66 bits per heavy atom. The molecule has 0 aliphatic carbocycles. The summed E-state index contributed by atoms with van der Waals surface area (Å²) in [4.78, 5) is 12.8. The van der Waals surface area contributed by atoms with Crippen LogP contribution >= 0.6 is 0 Å². The second-order valence-electron chi connectivity index (χ2n) is 4.80. The lowest BCUT2D eigenvalue weighted by Crippen LogP contribution is -2.05. The molecule has 2 aromatic carbocycles. The second-order valence-corrected chi connectivity index (χ2v) is 4.80. The Labute approximate surface area is 196 Å². The van der Waals surface area contributed by atoms with Crippen LogP contribution in [-0.2, 0) is 0 Å². The van der Waals surface area contributed by atoms with Gasteiger partial charge in [0.2, 0.25) is 11.9 Å². The first-order valence-corrected chi connectivity index (χ1v) is 11.2. The molecule has 0 saturated carbocycles. The molecule has 6 nitrogen and oxygen atoms in total. The van der Waals surface area contributed by atoms with Gasteiger partial charge in [0.15, 0.2) is 0 Å². The van der Waals surface area contributed by atoms with E-state index in [1.807, 2.05) is 123 Å². The number of nitrogens with zero attached hydrogens (tertiary/aromatic N) is 4. The van der Waals surface area contributed by atoms with Crippen molar-refractivity contribution in [2.24, 2.45) is 5.10 Å². The maximum absolute atomic E-state index is 4.30. The third-order valence-electron chi connectivity index (χ3n) is 2.95. The standard InChI is InChI=1S/C17H16N6.4C2H6.CH4/c1-13-19-16(21-15-10-6-3-7-11-15)22-17(20-13)23-18-12-14-8-4-2-5-9-14;4*1-2;/h2-12H,1H3,(H2,19,20,21,22,23);4*1-2H3;1H4/b18-12+;;;;;. The normalized spacial score (nSPS) is 8.41. The van der Waals surface area contributed by atoms with Crippen LogP contribution in [0.4, 0.5) is 17.6 Å². The number of rotatable bonds is 5. The molecular weight excluding hydrogens is 396 g/mol. The molecule has 3 aromatic rings. The lowest BCUT2D eigenvalue weighted by Gasteiger charge is -2.06. The van der Waals surface area contributed by atoms with E-state index in [1.165, 1.54) is 0 Å². The van der Waals surface area contributed by atoms with Gasteiger partial charge in [0.25, 0.3) is 0 Å². The van der Waals surface area contributed by atoms with E-state index in [1.54, 1.807) is 6.21 Å². The first kappa shape index (κ1) is 33.4. The maximum atomic E-state index is 4.30. The van der Waals surface area contributed by atoms with Crippen molar-refractivity contribution in [3.8, 4) is 0 Å². The average molecular weight is 441 g/mol. The summed E-state index contributed by atoms with van der Waals surface area (Å²) in [5.74, 6) is 1.47. The quantitative estimate of drug-likeness (QED) is 0.309. The van der Waals surface area contributed by atoms with Crippen molar-refractivity contribution in [2.45, 2.75) is 69.7 Å². The van der Waals surface area contributed by atoms with Crippen LogP contribution in [-0.4, -0.2) is 21.2 Å². The fourth-order valence-electron chi connectivity index (χ4n) is 1.94. The van der Waals surface area contributed by atoms with Gasteiger partial charge in [-0.1, -0.05) is 111 Å². The highest BCUT2D eigenvalue weighted by Crippen LogP contribution is 2.13. The number of benzene rings is 2. The smallest absolute Gasteiger partial charge is 0.248 e. The summed E-state index contributed by atoms with van der Waals surface area (Å²) in [7, 11) is 0. The zero-order valence-corrected chi connectivity index (χ0v) is 20.6. The summed E-state index contributed by atoms with van der Waals surface area (Å²) in [6.07, 6.45) is 1.71.